The standard InChI is InChI=1S/C27H31N6O8PS/c1-3-26(36)24(33-14-29-18-21(33)30-25(28)31-22(18)34)39-19-20(27(19,26)37)41-42(43,40-17-12-8-5-9-13-17)32-15(2)23(35)38-16-10-6-4-7-11-16/h1,5,8-9,12-16,19-20,24,36-37H,4,6-7,10-11H2,2H3,(H,32,43)(H3,28,30,31,34)/t15?,19-,20?,24-,26+,27+,42?/m1/s1. The van der Waals surface area contributed by atoms with E-state index in [9.17, 15) is 19.8 Å². The molecule has 1 aliphatic heterocycles. The third-order valence-corrected chi connectivity index (χ3v) is 10.4. The lowest BCUT2D eigenvalue weighted by Crippen LogP contribution is -2.50. The first kappa shape index (κ1) is 29.7. The fourth-order valence-electron chi connectivity index (χ4n) is 5.65. The number of nitrogens with two attached hydrogens (primary N) is 1. The van der Waals surface area contributed by atoms with E-state index < -0.39 is 53.9 Å². The number of nitrogens with one attached hydrogen (secondary N) is 2. The van der Waals surface area contributed by atoms with Crippen LogP contribution in [0, 0.1) is 12.3 Å². The maximum absolute atomic E-state index is 13.0. The van der Waals surface area contributed by atoms with Crippen LogP contribution in [0.3, 0.4) is 0 Å². The van der Waals surface area contributed by atoms with E-state index in [2.05, 4.69) is 26.0 Å². The molecule has 0 amide bonds. The molecule has 3 fully saturated rings. The van der Waals surface area contributed by atoms with Crippen LogP contribution in [0.4, 0.5) is 5.95 Å². The Labute approximate surface area is 251 Å². The Morgan fingerprint density at radius 3 is 2.74 bits per heavy atom. The van der Waals surface area contributed by atoms with Crippen molar-refractivity contribution >= 4 is 41.5 Å². The lowest BCUT2D eigenvalue weighted by Gasteiger charge is -2.33. The Balaban J connectivity index is 1.25. The normalized spacial score (nSPS) is 30.6. The summed E-state index contributed by atoms with van der Waals surface area (Å²) in [6, 6.07) is 7.67. The van der Waals surface area contributed by atoms with Gasteiger partial charge in [0.15, 0.2) is 23.0 Å². The van der Waals surface area contributed by atoms with Crippen molar-refractivity contribution in [1.82, 2.24) is 24.6 Å². The van der Waals surface area contributed by atoms with Crippen LogP contribution in [0.5, 0.6) is 5.75 Å². The first-order chi connectivity index (χ1) is 20.5. The summed E-state index contributed by atoms with van der Waals surface area (Å²) in [4.78, 5) is 35.7. The average molecular weight is 631 g/mol. The van der Waals surface area contributed by atoms with E-state index in [4.69, 9.17) is 42.5 Å². The van der Waals surface area contributed by atoms with Crippen LogP contribution in [0.1, 0.15) is 45.3 Å². The Kier molecular flexibility index (Phi) is 7.58. The minimum Gasteiger partial charge on any atom is -0.461 e. The van der Waals surface area contributed by atoms with Crippen molar-refractivity contribution in [2.45, 2.75) is 80.8 Å². The summed E-state index contributed by atoms with van der Waals surface area (Å²) in [6.45, 7) is -2.04. The van der Waals surface area contributed by atoms with Gasteiger partial charge in [-0.15, -0.1) is 6.42 Å². The van der Waals surface area contributed by atoms with Crippen LogP contribution >= 0.6 is 6.64 Å². The molecule has 14 nitrogen and oxygen atoms in total. The van der Waals surface area contributed by atoms with Crippen molar-refractivity contribution in [3.8, 4) is 18.1 Å². The van der Waals surface area contributed by atoms with Crippen molar-refractivity contribution in [2.75, 3.05) is 5.73 Å². The highest BCUT2D eigenvalue weighted by Crippen LogP contribution is 2.65. The summed E-state index contributed by atoms with van der Waals surface area (Å²) in [6.07, 6.45) is 7.67. The molecule has 1 saturated heterocycles. The van der Waals surface area contributed by atoms with E-state index in [-0.39, 0.29) is 23.2 Å². The Morgan fingerprint density at radius 2 is 2.05 bits per heavy atom. The van der Waals surface area contributed by atoms with Gasteiger partial charge in [0.05, 0.1) is 6.33 Å². The highest BCUT2D eigenvalue weighted by Gasteiger charge is 2.85. The summed E-state index contributed by atoms with van der Waals surface area (Å²) in [5.74, 6) is 1.88. The number of hydrogen-bond acceptors (Lipinski definition) is 12. The summed E-state index contributed by atoms with van der Waals surface area (Å²) >= 11 is 5.81. The molecule has 3 unspecified atom stereocenters. The van der Waals surface area contributed by atoms with E-state index >= 15 is 0 Å². The topological polar surface area (TPSA) is 196 Å². The van der Waals surface area contributed by atoms with E-state index in [1.54, 1.807) is 37.3 Å². The number of benzene rings is 1. The molecule has 43 heavy (non-hydrogen) atoms. The maximum Gasteiger partial charge on any atom is 0.323 e. The van der Waals surface area contributed by atoms with E-state index in [1.165, 1.54) is 10.9 Å². The van der Waals surface area contributed by atoms with Crippen LogP contribution < -0.4 is 20.9 Å². The number of nitrogens with zero attached hydrogens (tertiary/aromatic N) is 3. The van der Waals surface area contributed by atoms with E-state index in [1.807, 2.05) is 0 Å². The van der Waals surface area contributed by atoms with Gasteiger partial charge in [-0.25, -0.2) is 10.1 Å². The number of para-hydroxylation sites is 1. The number of aromatic amines is 1. The molecule has 0 spiro atoms. The molecule has 2 aliphatic carbocycles. The number of anilines is 1. The lowest BCUT2D eigenvalue weighted by molar-refractivity contribution is -0.152. The van der Waals surface area contributed by atoms with Crippen molar-refractivity contribution in [3.05, 3.63) is 47.0 Å². The van der Waals surface area contributed by atoms with Gasteiger partial charge < -0.3 is 29.9 Å². The second kappa shape index (κ2) is 11.0. The zero-order valence-corrected chi connectivity index (χ0v) is 24.8. The summed E-state index contributed by atoms with van der Waals surface area (Å²) in [5, 5.41) is 26.3. The third kappa shape index (κ3) is 5.12. The van der Waals surface area contributed by atoms with Gasteiger partial charge in [-0.2, -0.15) is 4.98 Å². The molecule has 3 aliphatic rings. The predicted octanol–water partition coefficient (Wildman–Crippen LogP) is 1.25. The second-order valence-corrected chi connectivity index (χ2v) is 14.0. The molecule has 0 bridgehead atoms. The number of nitrogen functional groups attached to an aromatic ring is 1. The SMILES string of the molecule is C#C[C@]1(O)[C@H](n2cnc3c(=O)[nH]c(N)nc32)O[C@@H]2C(OP(=S)(NC(C)C(=O)OC3CCCCC3)Oc3ccccc3)[C@@]21O. The predicted molar refractivity (Wildman–Crippen MR) is 157 cm³/mol. The minimum absolute atomic E-state index is 0.00760. The molecule has 228 valence electrons. The number of carbonyl (C=O) groups excluding carboxylic acids is 1. The smallest absolute Gasteiger partial charge is 0.323 e. The zero-order valence-electron chi connectivity index (χ0n) is 23.1. The Bertz CT molecular complexity index is 1690. The van der Waals surface area contributed by atoms with E-state index in [0.717, 1.165) is 32.1 Å². The first-order valence-electron chi connectivity index (χ1n) is 13.8. The quantitative estimate of drug-likeness (QED) is 0.129. The van der Waals surface area contributed by atoms with Gasteiger partial charge in [0, 0.05) is 0 Å². The van der Waals surface area contributed by atoms with E-state index in [0.29, 0.717) is 5.75 Å². The number of ether oxygens (including phenoxy) is 2. The van der Waals surface area contributed by atoms with Crippen LogP contribution in [-0.2, 0) is 30.6 Å². The van der Waals surface area contributed by atoms with Gasteiger partial charge in [0.25, 0.3) is 5.56 Å². The van der Waals surface area contributed by atoms with Gasteiger partial charge in [0.1, 0.15) is 30.1 Å². The number of fused-ring (bicyclic) bond motifs is 2. The number of H-pyrrole nitrogens is 1. The molecule has 6 rings (SSSR count). The summed E-state index contributed by atoms with van der Waals surface area (Å²) in [7, 11) is 0. The largest absolute Gasteiger partial charge is 0.461 e. The fraction of sp³-hybridized carbons (Fsp3) is 0.481. The van der Waals surface area contributed by atoms with Gasteiger partial charge in [-0.05, 0) is 56.5 Å². The highest BCUT2D eigenvalue weighted by atomic mass is 32.5. The average Bonchev–Trinajstić information content (AvgIpc) is 3.23. The fourth-order valence-corrected chi connectivity index (χ4v) is 8.37. The highest BCUT2D eigenvalue weighted by molar-refractivity contribution is 8.09. The van der Waals surface area contributed by atoms with Crippen LogP contribution in [0.25, 0.3) is 11.2 Å². The first-order valence-corrected chi connectivity index (χ1v) is 16.4. The van der Waals surface area contributed by atoms with Crippen LogP contribution in [0.15, 0.2) is 41.5 Å². The Hall–Kier alpha value is -3.35. The van der Waals surface area contributed by atoms with Gasteiger partial charge in [-0.1, -0.05) is 30.5 Å². The number of aromatic nitrogens is 4. The summed E-state index contributed by atoms with van der Waals surface area (Å²) < 4.78 is 25.1. The molecular formula is C27H31N6O8PS. The number of carbonyl (C=O) groups is 1. The molecular weight excluding hydrogens is 599 g/mol. The van der Waals surface area contributed by atoms with Gasteiger partial charge in [-0.3, -0.25) is 23.7 Å². The molecule has 7 atom stereocenters. The van der Waals surface area contributed by atoms with Crippen molar-refractivity contribution in [2.24, 2.45) is 0 Å². The zero-order chi connectivity index (χ0) is 30.6. The number of imidazole rings is 1. The van der Waals surface area contributed by atoms with Gasteiger partial charge in [0.2, 0.25) is 11.5 Å². The molecule has 16 heteroatoms. The molecule has 3 aromatic rings. The molecule has 0 radical (unpaired) electrons. The number of terminal acetylenes is 1. The van der Waals surface area contributed by atoms with Gasteiger partial charge >= 0.3 is 12.6 Å². The van der Waals surface area contributed by atoms with Crippen LogP contribution in [0.2, 0.25) is 0 Å². The molecule has 2 saturated carbocycles. The van der Waals surface area contributed by atoms with Crippen molar-refractivity contribution in [3.63, 3.8) is 0 Å². The summed E-state index contributed by atoms with van der Waals surface area (Å²) in [5.41, 5.74) is 0.495. The third-order valence-electron chi connectivity index (χ3n) is 7.96. The van der Waals surface area contributed by atoms with Crippen LogP contribution in [-0.4, -0.2) is 71.3 Å². The number of aliphatic hydroxyl groups is 2. The molecule has 1 aromatic carbocycles. The number of esters is 1. The van der Waals surface area contributed by atoms with Crippen molar-refractivity contribution < 1.29 is 33.5 Å². The number of hydrogen-bond donors (Lipinski definition) is 5. The molecule has 3 heterocycles. The molecule has 6 N–H and O–H groups in total. The second-order valence-electron chi connectivity index (χ2n) is 10.9. The number of rotatable bonds is 9. The molecule has 2 aromatic heterocycles. The lowest BCUT2D eigenvalue weighted by atomic mass is 9.94. The monoisotopic (exact) mass is 630 g/mol. The van der Waals surface area contributed by atoms with Crippen molar-refractivity contribution in [1.29, 1.82) is 0 Å². The maximum atomic E-state index is 13.0. The Morgan fingerprint density at radius 1 is 1.33 bits per heavy atom. The minimum atomic E-state index is -3.62.